The number of esters is 3. The molecule has 13 nitrogen and oxygen atoms in total. The minimum absolute atomic E-state index is 0.00503. The number of thiol groups is 1. The van der Waals surface area contributed by atoms with E-state index in [2.05, 4.69) is 9.72 Å². The number of nitrogens with zero attached hydrogens (tertiary/aromatic N) is 2. The molecule has 2 aliphatic carbocycles. The van der Waals surface area contributed by atoms with E-state index in [1.54, 1.807) is 20.8 Å². The second-order valence-corrected chi connectivity index (χ2v) is 17.0. The van der Waals surface area contributed by atoms with Crippen LogP contribution in [0.15, 0.2) is 48.8 Å². The van der Waals surface area contributed by atoms with Crippen LogP contribution in [-0.4, -0.2) is 68.9 Å². The highest BCUT2D eigenvalue weighted by Crippen LogP contribution is 2.39. The van der Waals surface area contributed by atoms with E-state index < -0.39 is 59.3 Å². The maximum absolute atomic E-state index is 13.9. The number of ether oxygens (including phenoxy) is 6. The van der Waals surface area contributed by atoms with Gasteiger partial charge in [-0.05, 0) is 114 Å². The number of hydrogen-bond acceptors (Lipinski definition) is 12. The molecule has 1 aromatic heterocycles. The number of carbonyl (C=O) groups is 3. The molecule has 0 unspecified atom stereocenters. The molecule has 310 valence electrons. The molecule has 57 heavy (non-hydrogen) atoms. The standard InChI is InChI=1S/C39H44Cl2F2N2O11S/c1-38(2,3)55-34(46)19-45(57(49)50)29-12-10-25(15-32(29)51-20-22-6-7-22)35(47)56-39(4,5)36(48)53-31(16-26-27(40)17-44-18-28(26)41)24-11-13-30(54-37(42)43)33(14-24)52-21-23-8-9-23/h10-15,17-18,22-23,31,37,57H,6-9,16,19-21H2,1-5H3/t31-/m0/s1. The first-order valence-corrected chi connectivity index (χ1v) is 20.0. The van der Waals surface area contributed by atoms with Crippen LogP contribution < -0.4 is 18.5 Å². The van der Waals surface area contributed by atoms with Gasteiger partial charge in [-0.25, -0.2) is 18.0 Å². The predicted octanol–water partition coefficient (Wildman–Crippen LogP) is 7.70. The van der Waals surface area contributed by atoms with Gasteiger partial charge in [0.15, 0.2) is 11.5 Å². The molecule has 3 aromatic rings. The second-order valence-electron chi connectivity index (χ2n) is 15.2. The summed E-state index contributed by atoms with van der Waals surface area (Å²) in [6.07, 6.45) is 5.15. The van der Waals surface area contributed by atoms with Gasteiger partial charge in [0.2, 0.25) is 16.5 Å². The lowest BCUT2D eigenvalue weighted by atomic mass is 10.0. The number of rotatable bonds is 19. The molecular formula is C39H44Cl2F2N2O11S. The predicted molar refractivity (Wildman–Crippen MR) is 206 cm³/mol. The molecule has 18 heteroatoms. The fourth-order valence-corrected chi connectivity index (χ4v) is 6.45. The molecule has 0 N–H and O–H groups in total. The minimum atomic E-state index is -3.35. The number of anilines is 1. The molecule has 0 radical (unpaired) electrons. The van der Waals surface area contributed by atoms with Crippen molar-refractivity contribution >= 4 is 57.7 Å². The molecule has 1 atom stereocenters. The van der Waals surface area contributed by atoms with E-state index >= 15 is 0 Å². The van der Waals surface area contributed by atoms with E-state index in [-0.39, 0.29) is 70.0 Å². The molecule has 2 fully saturated rings. The van der Waals surface area contributed by atoms with Crippen molar-refractivity contribution in [1.82, 2.24) is 4.98 Å². The first-order chi connectivity index (χ1) is 26.8. The number of pyridine rings is 1. The fourth-order valence-electron chi connectivity index (χ4n) is 5.36. The summed E-state index contributed by atoms with van der Waals surface area (Å²) in [7, 11) is -3.35. The summed E-state index contributed by atoms with van der Waals surface area (Å²) >= 11 is 12.9. The third-order valence-electron chi connectivity index (χ3n) is 8.70. The van der Waals surface area contributed by atoms with E-state index in [0.717, 1.165) is 30.0 Å². The van der Waals surface area contributed by atoms with Gasteiger partial charge >= 0.3 is 24.5 Å². The number of alkyl halides is 2. The molecule has 0 aliphatic heterocycles. The van der Waals surface area contributed by atoms with Crippen LogP contribution in [0.4, 0.5) is 14.5 Å². The van der Waals surface area contributed by atoms with Crippen molar-refractivity contribution < 1.29 is 60.0 Å². The molecule has 5 rings (SSSR count). The second kappa shape index (κ2) is 18.5. The van der Waals surface area contributed by atoms with Crippen LogP contribution in [0.1, 0.15) is 87.9 Å². The van der Waals surface area contributed by atoms with Crippen LogP contribution in [0, 0.1) is 11.8 Å². The van der Waals surface area contributed by atoms with Crippen molar-refractivity contribution in [3.8, 4) is 17.2 Å². The SMILES string of the molecule is CC(C)(C)OC(=O)CN(c1ccc(C(=O)OC(C)(C)C(=O)O[C@@H](Cc2c(Cl)cncc2Cl)c2ccc(OC(F)F)c(OCC3CC3)c2)cc1OCC1CC1)[SH](=O)=O. The maximum atomic E-state index is 13.9. The first-order valence-electron chi connectivity index (χ1n) is 18.1. The number of carbonyl (C=O) groups excluding carboxylic acids is 3. The first kappa shape index (κ1) is 43.7. The van der Waals surface area contributed by atoms with Crippen LogP contribution in [0.2, 0.25) is 10.0 Å². The molecule has 0 spiro atoms. The summed E-state index contributed by atoms with van der Waals surface area (Å²) in [5.41, 5.74) is -2.22. The van der Waals surface area contributed by atoms with Crippen LogP contribution in [0.5, 0.6) is 17.2 Å². The summed E-state index contributed by atoms with van der Waals surface area (Å²) in [4.78, 5) is 44.1. The van der Waals surface area contributed by atoms with Gasteiger partial charge in [-0.1, -0.05) is 29.3 Å². The number of hydrogen-bond donors (Lipinski definition) is 1. The lowest BCUT2D eigenvalue weighted by molar-refractivity contribution is -0.168. The zero-order valence-corrected chi connectivity index (χ0v) is 34.3. The zero-order chi connectivity index (χ0) is 41.7. The maximum Gasteiger partial charge on any atom is 0.387 e. The van der Waals surface area contributed by atoms with E-state index in [4.69, 9.17) is 46.9 Å². The largest absolute Gasteiger partial charge is 0.491 e. The highest BCUT2D eigenvalue weighted by atomic mass is 35.5. The van der Waals surface area contributed by atoms with Crippen LogP contribution >= 0.6 is 23.2 Å². The Bertz CT molecular complexity index is 2010. The fraction of sp³-hybridized carbons (Fsp3) is 0.487. The Morgan fingerprint density at radius 2 is 1.47 bits per heavy atom. The third kappa shape index (κ3) is 12.8. The Balaban J connectivity index is 1.40. The van der Waals surface area contributed by atoms with Gasteiger partial charge < -0.3 is 28.4 Å². The Morgan fingerprint density at radius 1 is 0.860 bits per heavy atom. The quantitative estimate of drug-likeness (QED) is 0.0713. The summed E-state index contributed by atoms with van der Waals surface area (Å²) in [6.45, 7) is 4.29. The molecule has 0 bridgehead atoms. The van der Waals surface area contributed by atoms with Crippen molar-refractivity contribution in [3.63, 3.8) is 0 Å². The molecular weight excluding hydrogens is 813 g/mol. The van der Waals surface area contributed by atoms with E-state index in [1.165, 1.54) is 62.6 Å². The zero-order valence-electron chi connectivity index (χ0n) is 31.9. The third-order valence-corrected chi connectivity index (χ3v) is 10.1. The number of aromatic nitrogens is 1. The highest BCUT2D eigenvalue weighted by Gasteiger charge is 2.38. The van der Waals surface area contributed by atoms with Crippen molar-refractivity contribution in [3.05, 3.63) is 75.5 Å². The summed E-state index contributed by atoms with van der Waals surface area (Å²) in [5.74, 6) is -2.48. The van der Waals surface area contributed by atoms with Gasteiger partial charge in [0, 0.05) is 18.8 Å². The summed E-state index contributed by atoms with van der Waals surface area (Å²) < 4.78 is 85.5. The summed E-state index contributed by atoms with van der Waals surface area (Å²) in [5, 5.41) is 0.345. The van der Waals surface area contributed by atoms with Crippen molar-refractivity contribution in [2.75, 3.05) is 24.1 Å². The van der Waals surface area contributed by atoms with Gasteiger partial charge in [0.25, 0.3) is 0 Å². The van der Waals surface area contributed by atoms with Gasteiger partial charge in [0.05, 0.1) is 34.5 Å². The number of benzene rings is 2. The van der Waals surface area contributed by atoms with E-state index in [1.807, 2.05) is 0 Å². The van der Waals surface area contributed by atoms with Gasteiger partial charge in [-0.3, -0.25) is 14.1 Å². The number of halogens is 4. The average Bonchev–Trinajstić information content (AvgIpc) is 4.05. The van der Waals surface area contributed by atoms with E-state index in [0.29, 0.717) is 11.1 Å². The topological polar surface area (TPSA) is 157 Å². The van der Waals surface area contributed by atoms with Crippen LogP contribution in [0.3, 0.4) is 0 Å². The Hall–Kier alpha value is -4.41. The average molecular weight is 858 g/mol. The monoisotopic (exact) mass is 856 g/mol. The lowest BCUT2D eigenvalue weighted by Gasteiger charge is -2.28. The molecule has 2 aromatic carbocycles. The highest BCUT2D eigenvalue weighted by molar-refractivity contribution is 7.74. The lowest BCUT2D eigenvalue weighted by Crippen LogP contribution is -2.39. The van der Waals surface area contributed by atoms with Crippen LogP contribution in [-0.2, 0) is 41.1 Å². The van der Waals surface area contributed by atoms with Crippen LogP contribution in [0.25, 0.3) is 0 Å². The molecule has 2 saturated carbocycles. The Kier molecular flexibility index (Phi) is 14.1. The summed E-state index contributed by atoms with van der Waals surface area (Å²) in [6, 6.07) is 7.95. The normalized spacial score (nSPS) is 14.9. The minimum Gasteiger partial charge on any atom is -0.491 e. The molecule has 0 amide bonds. The smallest absolute Gasteiger partial charge is 0.387 e. The molecule has 1 heterocycles. The van der Waals surface area contributed by atoms with Crippen molar-refractivity contribution in [2.45, 2.75) is 90.6 Å². The van der Waals surface area contributed by atoms with Crippen molar-refractivity contribution in [2.24, 2.45) is 11.8 Å². The van der Waals surface area contributed by atoms with Gasteiger partial charge in [0.1, 0.15) is 24.0 Å². The van der Waals surface area contributed by atoms with Crippen molar-refractivity contribution in [1.29, 1.82) is 0 Å². The van der Waals surface area contributed by atoms with Gasteiger partial charge in [-0.15, -0.1) is 0 Å². The molecule has 2 aliphatic rings. The van der Waals surface area contributed by atoms with Gasteiger partial charge in [-0.2, -0.15) is 8.78 Å². The molecule has 0 saturated heterocycles. The Morgan fingerprint density at radius 3 is 2.04 bits per heavy atom. The van der Waals surface area contributed by atoms with E-state index in [9.17, 15) is 31.6 Å². The Labute approximate surface area is 340 Å².